The van der Waals surface area contributed by atoms with Gasteiger partial charge in [-0.15, -0.1) is 0 Å². The lowest BCUT2D eigenvalue weighted by atomic mass is 9.71. The van der Waals surface area contributed by atoms with Gasteiger partial charge >= 0.3 is 0 Å². The highest BCUT2D eigenvalue weighted by molar-refractivity contribution is 5.21. The Bertz CT molecular complexity index is 374. The summed E-state index contributed by atoms with van der Waals surface area (Å²) >= 11 is 0. The summed E-state index contributed by atoms with van der Waals surface area (Å²) in [5.74, 6) is 0.542. The second kappa shape index (κ2) is 5.37. The maximum atomic E-state index is 9.74. The van der Waals surface area contributed by atoms with Crippen LogP contribution < -0.4 is 5.48 Å². The summed E-state index contributed by atoms with van der Waals surface area (Å²) in [5.41, 5.74) is 2.28. The lowest BCUT2D eigenvalue weighted by Crippen LogP contribution is -2.56. The van der Waals surface area contributed by atoms with Gasteiger partial charge in [0, 0.05) is 18.9 Å². The van der Waals surface area contributed by atoms with Crippen LogP contribution in [0.3, 0.4) is 0 Å². The summed E-state index contributed by atoms with van der Waals surface area (Å²) in [6, 6.07) is 0. The smallest absolute Gasteiger partial charge is 0.164 e. The molecule has 0 aromatic heterocycles. The Balaban J connectivity index is 1.87. The average molecular weight is 265 g/mol. The van der Waals surface area contributed by atoms with Crippen LogP contribution in [0.15, 0.2) is 24.3 Å². The molecule has 19 heavy (non-hydrogen) atoms. The van der Waals surface area contributed by atoms with E-state index in [1.807, 2.05) is 0 Å². The molecule has 0 bridgehead atoms. The van der Waals surface area contributed by atoms with Crippen LogP contribution in [0.5, 0.6) is 0 Å². The van der Waals surface area contributed by atoms with Gasteiger partial charge in [0.1, 0.15) is 0 Å². The summed E-state index contributed by atoms with van der Waals surface area (Å²) in [4.78, 5) is 0. The third-order valence-electron chi connectivity index (χ3n) is 4.91. The Morgan fingerprint density at radius 2 is 1.84 bits per heavy atom. The number of fused-ring (bicyclic) bond motifs is 1. The Kier molecular flexibility index (Phi) is 3.76. The Labute approximate surface area is 114 Å². The fraction of sp³-hybridized carbons (Fsp3) is 0.733. The molecule has 4 nitrogen and oxygen atoms in total. The van der Waals surface area contributed by atoms with E-state index in [4.69, 9.17) is 9.47 Å². The molecule has 3 rings (SSSR count). The number of rotatable bonds is 3. The van der Waals surface area contributed by atoms with E-state index in [-0.39, 0.29) is 29.8 Å². The summed E-state index contributed by atoms with van der Waals surface area (Å²) < 4.78 is 11.6. The zero-order valence-corrected chi connectivity index (χ0v) is 11.4. The standard InChI is InChI=1S/C15H23NO3/c1-18-14-12-8-4-3-7-11(12)13(19-14)15(16-17)9-5-2-6-10-15/h3-4,7-8,11-14,16-17H,2,5-6,9-10H2,1H3/t11-,12-,13+,14-/m1/s1. The Morgan fingerprint density at radius 1 is 1.16 bits per heavy atom. The highest BCUT2D eigenvalue weighted by Gasteiger charge is 2.53. The van der Waals surface area contributed by atoms with Crippen molar-refractivity contribution in [1.29, 1.82) is 0 Å². The highest BCUT2D eigenvalue weighted by atomic mass is 16.7. The lowest BCUT2D eigenvalue weighted by molar-refractivity contribution is -0.160. The molecule has 0 radical (unpaired) electrons. The second-order valence-electron chi connectivity index (χ2n) is 5.91. The molecule has 1 saturated heterocycles. The first-order valence-electron chi connectivity index (χ1n) is 7.25. The molecule has 106 valence electrons. The largest absolute Gasteiger partial charge is 0.355 e. The molecule has 2 N–H and O–H groups in total. The van der Waals surface area contributed by atoms with Crippen LogP contribution in [-0.2, 0) is 9.47 Å². The van der Waals surface area contributed by atoms with Crippen molar-refractivity contribution in [2.75, 3.05) is 7.11 Å². The van der Waals surface area contributed by atoms with Gasteiger partial charge in [0.2, 0.25) is 0 Å². The fourth-order valence-electron chi connectivity index (χ4n) is 3.90. The molecule has 4 atom stereocenters. The summed E-state index contributed by atoms with van der Waals surface area (Å²) in [7, 11) is 1.69. The van der Waals surface area contributed by atoms with Crippen molar-refractivity contribution in [2.45, 2.75) is 50.0 Å². The van der Waals surface area contributed by atoms with Gasteiger partial charge in [-0.25, -0.2) is 0 Å². The monoisotopic (exact) mass is 265 g/mol. The van der Waals surface area contributed by atoms with Crippen molar-refractivity contribution in [3.63, 3.8) is 0 Å². The molecule has 4 heteroatoms. The first-order chi connectivity index (χ1) is 9.30. The van der Waals surface area contributed by atoms with Crippen molar-refractivity contribution in [3.8, 4) is 0 Å². The summed E-state index contributed by atoms with van der Waals surface area (Å²) in [6.45, 7) is 0. The van der Waals surface area contributed by atoms with Crippen LogP contribution >= 0.6 is 0 Å². The van der Waals surface area contributed by atoms with E-state index in [0.717, 1.165) is 25.7 Å². The predicted octanol–water partition coefficient (Wildman–Crippen LogP) is 2.40. The minimum absolute atomic E-state index is 0.0195. The molecule has 0 spiro atoms. The van der Waals surface area contributed by atoms with Gasteiger partial charge in [0.05, 0.1) is 11.6 Å². The first kappa shape index (κ1) is 13.3. The van der Waals surface area contributed by atoms with Gasteiger partial charge in [0.25, 0.3) is 0 Å². The molecule has 2 aliphatic carbocycles. The minimum Gasteiger partial charge on any atom is -0.355 e. The van der Waals surface area contributed by atoms with Crippen molar-refractivity contribution < 1.29 is 14.7 Å². The molecular weight excluding hydrogens is 242 g/mol. The van der Waals surface area contributed by atoms with E-state index in [1.54, 1.807) is 7.11 Å². The molecule has 1 saturated carbocycles. The van der Waals surface area contributed by atoms with Gasteiger partial charge in [-0.3, -0.25) is 0 Å². The topological polar surface area (TPSA) is 50.7 Å². The Morgan fingerprint density at radius 3 is 2.47 bits per heavy atom. The van der Waals surface area contributed by atoms with Crippen LogP contribution in [0.1, 0.15) is 32.1 Å². The molecule has 0 unspecified atom stereocenters. The summed E-state index contributed by atoms with van der Waals surface area (Å²) in [6.07, 6.45) is 13.7. The molecule has 1 aliphatic heterocycles. The van der Waals surface area contributed by atoms with Gasteiger partial charge < -0.3 is 14.7 Å². The van der Waals surface area contributed by atoms with E-state index in [0.29, 0.717) is 0 Å². The maximum absolute atomic E-state index is 9.74. The Hall–Kier alpha value is -0.680. The molecule has 3 aliphatic rings. The van der Waals surface area contributed by atoms with Crippen molar-refractivity contribution >= 4 is 0 Å². The van der Waals surface area contributed by atoms with Crippen LogP contribution in [0.25, 0.3) is 0 Å². The van der Waals surface area contributed by atoms with Crippen LogP contribution in [0, 0.1) is 11.8 Å². The maximum Gasteiger partial charge on any atom is 0.164 e. The molecule has 0 aromatic rings. The number of allylic oxidation sites excluding steroid dienone is 2. The average Bonchev–Trinajstić information content (AvgIpc) is 2.87. The van der Waals surface area contributed by atoms with Crippen LogP contribution in [0.4, 0.5) is 0 Å². The van der Waals surface area contributed by atoms with E-state index < -0.39 is 0 Å². The summed E-state index contributed by atoms with van der Waals surface area (Å²) in [5, 5.41) is 9.74. The minimum atomic E-state index is -0.316. The number of hydrogen-bond acceptors (Lipinski definition) is 4. The van der Waals surface area contributed by atoms with Crippen molar-refractivity contribution in [1.82, 2.24) is 5.48 Å². The van der Waals surface area contributed by atoms with Crippen LogP contribution in [0.2, 0.25) is 0 Å². The SMILES string of the molecule is CO[C@@H]1O[C@H](C2(NO)CCCCC2)[C@@H]2C=CC=C[C@@H]12. The van der Waals surface area contributed by atoms with E-state index >= 15 is 0 Å². The van der Waals surface area contributed by atoms with E-state index in [1.165, 1.54) is 6.42 Å². The van der Waals surface area contributed by atoms with Gasteiger partial charge in [-0.1, -0.05) is 43.6 Å². The third-order valence-corrected chi connectivity index (χ3v) is 4.91. The second-order valence-corrected chi connectivity index (χ2v) is 5.91. The number of hydrogen-bond donors (Lipinski definition) is 2. The zero-order valence-electron chi connectivity index (χ0n) is 11.4. The molecule has 0 amide bonds. The highest BCUT2D eigenvalue weighted by Crippen LogP contribution is 2.45. The molecule has 2 fully saturated rings. The quantitative estimate of drug-likeness (QED) is 0.769. The van der Waals surface area contributed by atoms with Crippen molar-refractivity contribution in [3.05, 3.63) is 24.3 Å². The van der Waals surface area contributed by atoms with Crippen LogP contribution in [-0.4, -0.2) is 30.2 Å². The molecular formula is C15H23NO3. The van der Waals surface area contributed by atoms with E-state index in [2.05, 4.69) is 29.8 Å². The van der Waals surface area contributed by atoms with Gasteiger partial charge in [0.15, 0.2) is 6.29 Å². The number of methoxy groups -OCH3 is 1. The van der Waals surface area contributed by atoms with Crippen molar-refractivity contribution in [2.24, 2.45) is 11.8 Å². The first-order valence-corrected chi connectivity index (χ1v) is 7.25. The molecule has 1 heterocycles. The van der Waals surface area contributed by atoms with Gasteiger partial charge in [-0.2, -0.15) is 5.48 Å². The normalized spacial score (nSPS) is 40.3. The molecule has 0 aromatic carbocycles. The fourth-order valence-corrected chi connectivity index (χ4v) is 3.90. The number of nitrogens with one attached hydrogen (secondary N) is 1. The number of hydroxylamine groups is 1. The van der Waals surface area contributed by atoms with Gasteiger partial charge in [-0.05, 0) is 12.8 Å². The predicted molar refractivity (Wildman–Crippen MR) is 71.7 cm³/mol. The zero-order chi connectivity index (χ0) is 13.3. The lowest BCUT2D eigenvalue weighted by Gasteiger charge is -2.42. The number of ether oxygens (including phenoxy) is 2. The third kappa shape index (κ3) is 2.17. The van der Waals surface area contributed by atoms with E-state index in [9.17, 15) is 5.21 Å².